The molecule has 0 bridgehead atoms. The van der Waals surface area contributed by atoms with E-state index >= 15 is 0 Å². The summed E-state index contributed by atoms with van der Waals surface area (Å²) >= 11 is 0. The molecule has 6 heteroatoms. The number of nitrogens with zero attached hydrogens (tertiary/aromatic N) is 1. The van der Waals surface area contributed by atoms with Crippen LogP contribution < -0.4 is 15.6 Å². The van der Waals surface area contributed by atoms with Crippen molar-refractivity contribution < 1.29 is 14.3 Å². The molecule has 0 heterocycles. The predicted octanol–water partition coefficient (Wildman–Crippen LogP) is 2.05. The standard InChI is InChI=1S/C17H21N3O3/c18-11-14-6-8-15(9-7-14)23-12-17(22)20-19-16(21)10-13-4-2-1-3-5-13/h6-9,13H,1-5,10,12H2,(H,19,21)(H,20,22). The minimum atomic E-state index is -0.425. The Labute approximate surface area is 135 Å². The van der Waals surface area contributed by atoms with Crippen LogP contribution in [0.5, 0.6) is 5.75 Å². The maximum Gasteiger partial charge on any atom is 0.276 e. The van der Waals surface area contributed by atoms with Crippen LogP contribution in [0.15, 0.2) is 24.3 Å². The Balaban J connectivity index is 1.64. The Hall–Kier alpha value is -2.55. The van der Waals surface area contributed by atoms with Crippen molar-refractivity contribution in [3.63, 3.8) is 0 Å². The van der Waals surface area contributed by atoms with Gasteiger partial charge >= 0.3 is 0 Å². The van der Waals surface area contributed by atoms with E-state index in [0.29, 0.717) is 23.7 Å². The monoisotopic (exact) mass is 315 g/mol. The molecule has 1 saturated carbocycles. The van der Waals surface area contributed by atoms with E-state index in [1.807, 2.05) is 6.07 Å². The van der Waals surface area contributed by atoms with Crippen LogP contribution >= 0.6 is 0 Å². The molecule has 0 atom stereocenters. The van der Waals surface area contributed by atoms with Crippen LogP contribution in [0.3, 0.4) is 0 Å². The van der Waals surface area contributed by atoms with Gasteiger partial charge in [0.2, 0.25) is 5.91 Å². The molecule has 2 rings (SSSR count). The van der Waals surface area contributed by atoms with Gasteiger partial charge < -0.3 is 4.74 Å². The van der Waals surface area contributed by atoms with Crippen molar-refractivity contribution in [1.82, 2.24) is 10.9 Å². The van der Waals surface area contributed by atoms with Crippen molar-refractivity contribution in [3.8, 4) is 11.8 Å². The Bertz CT molecular complexity index is 572. The molecule has 0 aliphatic heterocycles. The molecule has 1 aromatic carbocycles. The number of nitrogens with one attached hydrogen (secondary N) is 2. The van der Waals surface area contributed by atoms with Crippen LogP contribution in [0.25, 0.3) is 0 Å². The zero-order valence-electron chi connectivity index (χ0n) is 13.0. The highest BCUT2D eigenvalue weighted by Gasteiger charge is 2.17. The van der Waals surface area contributed by atoms with Gasteiger partial charge in [-0.1, -0.05) is 19.3 Å². The van der Waals surface area contributed by atoms with Crippen molar-refractivity contribution in [1.29, 1.82) is 5.26 Å². The van der Waals surface area contributed by atoms with Crippen LogP contribution in [0, 0.1) is 17.2 Å². The van der Waals surface area contributed by atoms with E-state index in [1.54, 1.807) is 24.3 Å². The molecule has 0 unspecified atom stereocenters. The van der Waals surface area contributed by atoms with Gasteiger partial charge in [-0.05, 0) is 43.0 Å². The van der Waals surface area contributed by atoms with Crippen LogP contribution in [-0.2, 0) is 9.59 Å². The lowest BCUT2D eigenvalue weighted by atomic mass is 9.87. The van der Waals surface area contributed by atoms with Crippen LogP contribution in [0.4, 0.5) is 0 Å². The molecule has 1 aliphatic carbocycles. The smallest absolute Gasteiger partial charge is 0.276 e. The molecular formula is C17H21N3O3. The maximum atomic E-state index is 11.8. The van der Waals surface area contributed by atoms with Gasteiger partial charge in [0, 0.05) is 6.42 Å². The van der Waals surface area contributed by atoms with E-state index in [0.717, 1.165) is 12.8 Å². The zero-order chi connectivity index (χ0) is 16.5. The van der Waals surface area contributed by atoms with Crippen LogP contribution in [0.1, 0.15) is 44.1 Å². The number of nitriles is 1. The van der Waals surface area contributed by atoms with Gasteiger partial charge in [-0.2, -0.15) is 5.26 Å². The molecule has 6 nitrogen and oxygen atoms in total. The molecule has 2 N–H and O–H groups in total. The highest BCUT2D eigenvalue weighted by Crippen LogP contribution is 2.25. The second kappa shape index (κ2) is 8.79. The molecule has 2 amide bonds. The molecule has 0 radical (unpaired) electrons. The van der Waals surface area contributed by atoms with Gasteiger partial charge in [-0.3, -0.25) is 20.4 Å². The van der Waals surface area contributed by atoms with Gasteiger partial charge in [-0.25, -0.2) is 0 Å². The van der Waals surface area contributed by atoms with Gasteiger partial charge in [-0.15, -0.1) is 0 Å². The summed E-state index contributed by atoms with van der Waals surface area (Å²) < 4.78 is 5.28. The topological polar surface area (TPSA) is 91.2 Å². The summed E-state index contributed by atoms with van der Waals surface area (Å²) in [5.74, 6) is 0.332. The number of carbonyl (C=O) groups is 2. The Morgan fingerprint density at radius 1 is 1.09 bits per heavy atom. The molecule has 0 aromatic heterocycles. The van der Waals surface area contributed by atoms with Crippen molar-refractivity contribution in [2.45, 2.75) is 38.5 Å². The average molecular weight is 315 g/mol. The largest absolute Gasteiger partial charge is 0.484 e. The van der Waals surface area contributed by atoms with Crippen molar-refractivity contribution in [2.24, 2.45) is 5.92 Å². The number of carbonyl (C=O) groups excluding carboxylic acids is 2. The lowest BCUT2D eigenvalue weighted by Gasteiger charge is -2.20. The Morgan fingerprint density at radius 3 is 2.39 bits per heavy atom. The number of benzene rings is 1. The minimum Gasteiger partial charge on any atom is -0.484 e. The molecule has 0 spiro atoms. The average Bonchev–Trinajstić information content (AvgIpc) is 2.59. The first-order valence-electron chi connectivity index (χ1n) is 7.88. The van der Waals surface area contributed by atoms with E-state index in [1.165, 1.54) is 19.3 Å². The van der Waals surface area contributed by atoms with E-state index < -0.39 is 5.91 Å². The van der Waals surface area contributed by atoms with E-state index in [2.05, 4.69) is 10.9 Å². The van der Waals surface area contributed by atoms with E-state index in [-0.39, 0.29) is 12.5 Å². The quantitative estimate of drug-likeness (QED) is 0.814. The zero-order valence-corrected chi connectivity index (χ0v) is 13.0. The molecule has 23 heavy (non-hydrogen) atoms. The summed E-state index contributed by atoms with van der Waals surface area (Å²) in [7, 11) is 0. The van der Waals surface area contributed by atoms with Gasteiger partial charge in [0.15, 0.2) is 6.61 Å². The first-order chi connectivity index (χ1) is 11.2. The van der Waals surface area contributed by atoms with Gasteiger partial charge in [0.05, 0.1) is 11.6 Å². The number of amides is 2. The summed E-state index contributed by atoms with van der Waals surface area (Å²) in [5, 5.41) is 8.69. The normalized spacial score (nSPS) is 14.6. The number of hydrogen-bond acceptors (Lipinski definition) is 4. The number of ether oxygens (including phenoxy) is 1. The molecule has 122 valence electrons. The predicted molar refractivity (Wildman–Crippen MR) is 84.1 cm³/mol. The molecular weight excluding hydrogens is 294 g/mol. The second-order valence-corrected chi connectivity index (χ2v) is 5.73. The van der Waals surface area contributed by atoms with Crippen LogP contribution in [-0.4, -0.2) is 18.4 Å². The molecule has 1 fully saturated rings. The van der Waals surface area contributed by atoms with E-state index in [4.69, 9.17) is 10.00 Å². The van der Waals surface area contributed by atoms with Gasteiger partial charge in [0.1, 0.15) is 5.75 Å². The SMILES string of the molecule is N#Cc1ccc(OCC(=O)NNC(=O)CC2CCCCC2)cc1. The highest BCUT2D eigenvalue weighted by atomic mass is 16.5. The van der Waals surface area contributed by atoms with Crippen LogP contribution in [0.2, 0.25) is 0 Å². The summed E-state index contributed by atoms with van der Waals surface area (Å²) in [6.45, 7) is -0.199. The van der Waals surface area contributed by atoms with Crippen molar-refractivity contribution in [3.05, 3.63) is 29.8 Å². The number of hydrazine groups is 1. The summed E-state index contributed by atoms with van der Waals surface area (Å²) in [4.78, 5) is 23.4. The van der Waals surface area contributed by atoms with Crippen molar-refractivity contribution in [2.75, 3.05) is 6.61 Å². The Morgan fingerprint density at radius 2 is 1.74 bits per heavy atom. The third kappa shape index (κ3) is 5.99. The molecule has 0 saturated heterocycles. The second-order valence-electron chi connectivity index (χ2n) is 5.73. The third-order valence-electron chi connectivity index (χ3n) is 3.89. The third-order valence-corrected chi connectivity index (χ3v) is 3.89. The number of rotatable bonds is 5. The number of hydrogen-bond donors (Lipinski definition) is 2. The van der Waals surface area contributed by atoms with E-state index in [9.17, 15) is 9.59 Å². The lowest BCUT2D eigenvalue weighted by Crippen LogP contribution is -2.44. The fraction of sp³-hybridized carbons (Fsp3) is 0.471. The van der Waals surface area contributed by atoms with Gasteiger partial charge in [0.25, 0.3) is 5.91 Å². The fourth-order valence-corrected chi connectivity index (χ4v) is 2.65. The minimum absolute atomic E-state index is 0.163. The first-order valence-corrected chi connectivity index (χ1v) is 7.88. The fourth-order valence-electron chi connectivity index (χ4n) is 2.65. The summed E-state index contributed by atoms with van der Waals surface area (Å²) in [6, 6.07) is 8.46. The lowest BCUT2D eigenvalue weighted by molar-refractivity contribution is -0.130. The molecule has 1 aliphatic rings. The Kier molecular flexibility index (Phi) is 6.42. The summed E-state index contributed by atoms with van der Waals surface area (Å²) in [6.07, 6.45) is 6.25. The summed E-state index contributed by atoms with van der Waals surface area (Å²) in [5.41, 5.74) is 5.30. The first kappa shape index (κ1) is 16.8. The van der Waals surface area contributed by atoms with Crippen molar-refractivity contribution >= 4 is 11.8 Å². The highest BCUT2D eigenvalue weighted by molar-refractivity contribution is 5.82. The molecule has 1 aromatic rings. The maximum absolute atomic E-state index is 11.8.